The quantitative estimate of drug-likeness (QED) is 0.156. The van der Waals surface area contributed by atoms with E-state index < -0.39 is 22.6 Å². The highest BCUT2D eigenvalue weighted by atomic mass is 16.6. The number of fused-ring (bicyclic) bond motifs is 3. The van der Waals surface area contributed by atoms with Gasteiger partial charge in [-0.25, -0.2) is 0 Å². The molecule has 1 heterocycles. The van der Waals surface area contributed by atoms with Crippen molar-refractivity contribution in [1.82, 2.24) is 4.90 Å². The summed E-state index contributed by atoms with van der Waals surface area (Å²) in [6, 6.07) is 37.4. The molecule has 4 heteroatoms. The molecule has 42 heavy (non-hydrogen) atoms. The predicted octanol–water partition coefficient (Wildman–Crippen LogP) is 7.76. The summed E-state index contributed by atoms with van der Waals surface area (Å²) in [4.78, 5) is 16.7. The van der Waals surface area contributed by atoms with E-state index in [0.717, 1.165) is 11.1 Å². The van der Waals surface area contributed by atoms with Gasteiger partial charge >= 0.3 is 5.97 Å². The fourth-order valence-corrected chi connectivity index (χ4v) is 7.05. The molecular weight excluding hydrogens is 518 g/mol. The fraction of sp³-hybridized carbons (Fsp3) is 0.289. The zero-order valence-corrected chi connectivity index (χ0v) is 24.8. The number of rotatable bonds is 9. The molecule has 0 spiro atoms. The Balaban J connectivity index is 1.50. The first-order chi connectivity index (χ1) is 20.3. The zero-order chi connectivity index (χ0) is 29.4. The van der Waals surface area contributed by atoms with Crippen LogP contribution in [0.2, 0.25) is 0 Å². The molecule has 214 valence electrons. The molecule has 1 aliphatic heterocycles. The highest BCUT2D eigenvalue weighted by Gasteiger charge is 2.65. The van der Waals surface area contributed by atoms with Crippen molar-refractivity contribution in [3.8, 4) is 11.1 Å². The van der Waals surface area contributed by atoms with Crippen molar-refractivity contribution in [3.05, 3.63) is 144 Å². The first kappa shape index (κ1) is 28.1. The summed E-state index contributed by atoms with van der Waals surface area (Å²) < 4.78 is 12.6. The number of likely N-dealkylation sites (tertiary alicyclic amines) is 1. The Bertz CT molecular complexity index is 1530. The fourth-order valence-electron chi connectivity index (χ4n) is 7.05. The second-order valence-electron chi connectivity index (χ2n) is 12.6. The van der Waals surface area contributed by atoms with E-state index in [-0.39, 0.29) is 5.97 Å². The van der Waals surface area contributed by atoms with Crippen LogP contribution in [0.15, 0.2) is 122 Å². The number of carbonyl (C=O) groups excluding carboxylic acids is 1. The zero-order valence-electron chi connectivity index (χ0n) is 24.8. The van der Waals surface area contributed by atoms with E-state index in [2.05, 4.69) is 96.4 Å². The molecule has 1 fully saturated rings. The number of carbonyl (C=O) groups is 1. The number of esters is 1. The van der Waals surface area contributed by atoms with Crippen molar-refractivity contribution in [2.75, 3.05) is 13.2 Å². The standard InChI is InChI=1S/C38H39NO3/c1-5-24-37(27-41-25-28-16-8-6-9-17-28)26-39(34(37)35(40)42-36(2,3)4)38(29-18-10-7-11-19-29)32-22-14-12-20-30(32)31-21-13-15-23-33(31)38/h5-23,34H,1,24-27H2,2-4H3/t34-,37-/m1/s1. The van der Waals surface area contributed by atoms with Gasteiger partial charge in [0.2, 0.25) is 0 Å². The Labute approximate surface area is 249 Å². The molecule has 0 bridgehead atoms. The lowest BCUT2D eigenvalue weighted by Gasteiger charge is -2.62. The highest BCUT2D eigenvalue weighted by molar-refractivity contribution is 5.85. The average molecular weight is 558 g/mol. The summed E-state index contributed by atoms with van der Waals surface area (Å²) in [5.74, 6) is -0.226. The molecule has 2 aliphatic rings. The van der Waals surface area contributed by atoms with E-state index in [1.807, 2.05) is 51.1 Å². The molecule has 1 saturated heterocycles. The maximum Gasteiger partial charge on any atom is 0.324 e. The lowest BCUT2D eigenvalue weighted by atomic mass is 9.64. The van der Waals surface area contributed by atoms with Crippen LogP contribution < -0.4 is 0 Å². The van der Waals surface area contributed by atoms with Crippen molar-refractivity contribution in [2.24, 2.45) is 5.41 Å². The second kappa shape index (κ2) is 11.0. The van der Waals surface area contributed by atoms with Crippen molar-refractivity contribution in [2.45, 2.75) is 51.0 Å². The minimum atomic E-state index is -0.667. The largest absolute Gasteiger partial charge is 0.459 e. The molecular formula is C38H39NO3. The average Bonchev–Trinajstić information content (AvgIpc) is 3.27. The Morgan fingerprint density at radius 3 is 1.98 bits per heavy atom. The van der Waals surface area contributed by atoms with Crippen LogP contribution >= 0.6 is 0 Å². The summed E-state index contributed by atoms with van der Waals surface area (Å²) in [5.41, 5.74) is 5.21. The Hall–Kier alpha value is -3.99. The van der Waals surface area contributed by atoms with Gasteiger partial charge in [0, 0.05) is 12.0 Å². The Morgan fingerprint density at radius 2 is 1.40 bits per heavy atom. The third kappa shape index (κ3) is 4.69. The summed E-state index contributed by atoms with van der Waals surface area (Å²) >= 11 is 0. The van der Waals surface area contributed by atoms with Gasteiger partial charge in [-0.15, -0.1) is 6.58 Å². The molecule has 0 aromatic heterocycles. The molecule has 4 aromatic carbocycles. The minimum Gasteiger partial charge on any atom is -0.459 e. The van der Waals surface area contributed by atoms with Crippen LogP contribution in [0.25, 0.3) is 11.1 Å². The number of allylic oxidation sites excluding steroid dienone is 1. The van der Waals surface area contributed by atoms with Gasteiger partial charge < -0.3 is 9.47 Å². The van der Waals surface area contributed by atoms with E-state index >= 15 is 0 Å². The Morgan fingerprint density at radius 1 is 0.857 bits per heavy atom. The Kier molecular flexibility index (Phi) is 7.38. The maximum atomic E-state index is 14.4. The summed E-state index contributed by atoms with van der Waals surface area (Å²) in [6.07, 6.45) is 2.56. The van der Waals surface area contributed by atoms with Crippen LogP contribution in [0.1, 0.15) is 49.4 Å². The van der Waals surface area contributed by atoms with Crippen molar-refractivity contribution in [3.63, 3.8) is 0 Å². The van der Waals surface area contributed by atoms with E-state index in [9.17, 15) is 4.79 Å². The third-order valence-electron chi connectivity index (χ3n) is 8.61. The van der Waals surface area contributed by atoms with Crippen LogP contribution in [0.3, 0.4) is 0 Å². The van der Waals surface area contributed by atoms with E-state index in [0.29, 0.717) is 26.2 Å². The van der Waals surface area contributed by atoms with E-state index in [1.165, 1.54) is 22.3 Å². The molecule has 0 N–H and O–H groups in total. The van der Waals surface area contributed by atoms with Crippen LogP contribution in [-0.4, -0.2) is 35.7 Å². The molecule has 6 rings (SSSR count). The minimum absolute atomic E-state index is 0.226. The van der Waals surface area contributed by atoms with Gasteiger partial charge in [-0.2, -0.15) is 0 Å². The topological polar surface area (TPSA) is 38.8 Å². The van der Waals surface area contributed by atoms with Gasteiger partial charge in [0.25, 0.3) is 0 Å². The van der Waals surface area contributed by atoms with Gasteiger partial charge in [-0.3, -0.25) is 9.69 Å². The third-order valence-corrected chi connectivity index (χ3v) is 8.61. The first-order valence-electron chi connectivity index (χ1n) is 14.8. The molecule has 0 saturated carbocycles. The molecule has 0 amide bonds. The summed E-state index contributed by atoms with van der Waals surface area (Å²) in [5, 5.41) is 0. The van der Waals surface area contributed by atoms with Gasteiger partial charge in [0.15, 0.2) is 0 Å². The number of ether oxygens (including phenoxy) is 2. The summed E-state index contributed by atoms with van der Waals surface area (Å²) in [6.45, 7) is 11.5. The van der Waals surface area contributed by atoms with Crippen molar-refractivity contribution < 1.29 is 14.3 Å². The normalized spacial score (nSPS) is 20.7. The van der Waals surface area contributed by atoms with E-state index in [4.69, 9.17) is 9.47 Å². The molecule has 0 radical (unpaired) electrons. The predicted molar refractivity (Wildman–Crippen MR) is 168 cm³/mol. The highest BCUT2D eigenvalue weighted by Crippen LogP contribution is 2.60. The first-order valence-corrected chi connectivity index (χ1v) is 14.8. The SMILES string of the molecule is C=CC[C@]1(COCc2ccccc2)CN(C2(c3ccccc3)c3ccccc3-c3ccccc32)[C@@H]1C(=O)OC(C)(C)C. The van der Waals surface area contributed by atoms with E-state index in [1.54, 1.807) is 0 Å². The molecule has 0 unspecified atom stereocenters. The van der Waals surface area contributed by atoms with Gasteiger partial charge in [0.1, 0.15) is 11.6 Å². The van der Waals surface area contributed by atoms with Gasteiger partial charge in [0.05, 0.1) is 18.8 Å². The molecule has 4 nitrogen and oxygen atoms in total. The number of benzene rings is 4. The number of hydrogen-bond acceptors (Lipinski definition) is 4. The van der Waals surface area contributed by atoms with Crippen molar-refractivity contribution >= 4 is 5.97 Å². The monoisotopic (exact) mass is 557 g/mol. The van der Waals surface area contributed by atoms with Gasteiger partial charge in [-0.1, -0.05) is 115 Å². The van der Waals surface area contributed by atoms with Crippen molar-refractivity contribution in [1.29, 1.82) is 0 Å². The maximum absolute atomic E-state index is 14.4. The van der Waals surface area contributed by atoms with Gasteiger partial charge in [-0.05, 0) is 60.6 Å². The smallest absolute Gasteiger partial charge is 0.324 e. The summed E-state index contributed by atoms with van der Waals surface area (Å²) in [7, 11) is 0. The van der Waals surface area contributed by atoms with Crippen LogP contribution in [-0.2, 0) is 26.4 Å². The molecule has 4 aromatic rings. The lowest BCUT2D eigenvalue weighted by molar-refractivity contribution is -0.200. The second-order valence-corrected chi connectivity index (χ2v) is 12.6. The van der Waals surface area contributed by atoms with Crippen LogP contribution in [0, 0.1) is 5.41 Å². The van der Waals surface area contributed by atoms with Crippen LogP contribution in [0.4, 0.5) is 0 Å². The number of hydrogen-bond donors (Lipinski definition) is 0. The molecule has 1 aliphatic carbocycles. The van der Waals surface area contributed by atoms with Crippen LogP contribution in [0.5, 0.6) is 0 Å². The lowest BCUT2D eigenvalue weighted by Crippen LogP contribution is -2.75. The number of nitrogens with zero attached hydrogens (tertiary/aromatic N) is 1. The molecule has 2 atom stereocenters.